The number of aromatic nitrogens is 2. The van der Waals surface area contributed by atoms with E-state index in [4.69, 9.17) is 4.74 Å². The van der Waals surface area contributed by atoms with E-state index in [1.807, 2.05) is 115 Å². The molecule has 51 heavy (non-hydrogen) atoms. The Morgan fingerprint density at radius 2 is 1.31 bits per heavy atom. The molecule has 0 unspecified atom stereocenters. The molecular weight excluding hydrogens is 637 g/mol. The molecule has 1 fully saturated rings. The third-order valence-electron chi connectivity index (χ3n) is 8.63. The van der Waals surface area contributed by atoms with Gasteiger partial charge in [0.05, 0.1) is 53.6 Å². The number of pyridine rings is 2. The van der Waals surface area contributed by atoms with E-state index in [-0.39, 0.29) is 11.8 Å². The molecule has 2 amide bonds. The molecule has 0 spiro atoms. The Kier molecular flexibility index (Phi) is 12.0. The van der Waals surface area contributed by atoms with Crippen molar-refractivity contribution in [2.45, 2.75) is 26.7 Å². The zero-order valence-electron chi connectivity index (χ0n) is 29.2. The number of carbonyl (C=O) groups is 2. The normalized spacial score (nSPS) is 12.7. The van der Waals surface area contributed by atoms with Crippen molar-refractivity contribution >= 4 is 50.7 Å². The second-order valence-electron chi connectivity index (χ2n) is 12.3. The van der Waals surface area contributed by atoms with Gasteiger partial charge in [-0.05, 0) is 61.4 Å². The zero-order valence-corrected chi connectivity index (χ0v) is 29.2. The van der Waals surface area contributed by atoms with E-state index in [1.165, 1.54) is 0 Å². The van der Waals surface area contributed by atoms with Crippen LogP contribution in [-0.2, 0) is 4.74 Å². The van der Waals surface area contributed by atoms with Crippen molar-refractivity contribution in [2.75, 3.05) is 54.6 Å². The van der Waals surface area contributed by atoms with E-state index >= 15 is 0 Å². The van der Waals surface area contributed by atoms with Gasteiger partial charge in [0.15, 0.2) is 0 Å². The highest BCUT2D eigenvalue weighted by molar-refractivity contribution is 6.08. The number of amides is 2. The van der Waals surface area contributed by atoms with Crippen molar-refractivity contribution in [3.8, 4) is 0 Å². The van der Waals surface area contributed by atoms with Gasteiger partial charge in [0.25, 0.3) is 11.8 Å². The lowest BCUT2D eigenvalue weighted by molar-refractivity contribution is 0.0892. The van der Waals surface area contributed by atoms with Crippen molar-refractivity contribution in [1.82, 2.24) is 15.0 Å². The van der Waals surface area contributed by atoms with Gasteiger partial charge in [-0.1, -0.05) is 80.6 Å². The number of nitrogens with one attached hydrogen (secondary N) is 1. The van der Waals surface area contributed by atoms with Gasteiger partial charge in [0, 0.05) is 48.2 Å². The highest BCUT2D eigenvalue weighted by Gasteiger charge is 2.24. The molecule has 6 aromatic rings. The van der Waals surface area contributed by atoms with Gasteiger partial charge in [-0.3, -0.25) is 19.6 Å². The molecule has 1 saturated heterocycles. The maximum absolute atomic E-state index is 13.3. The molecule has 9 nitrogen and oxygen atoms in total. The van der Waals surface area contributed by atoms with Crippen LogP contribution in [-0.4, -0.2) is 66.2 Å². The number of ether oxygens (including phenoxy) is 1. The summed E-state index contributed by atoms with van der Waals surface area (Å²) in [7, 11) is 0. The first kappa shape index (κ1) is 35.2. The molecule has 7 rings (SSSR count). The number of para-hydroxylation sites is 3. The number of nitrogens with zero attached hydrogens (tertiary/aromatic N) is 5. The summed E-state index contributed by atoms with van der Waals surface area (Å²) in [6.07, 6.45) is 5.43. The molecule has 2 aromatic heterocycles. The minimum Gasteiger partial charge on any atom is -0.378 e. The van der Waals surface area contributed by atoms with Crippen molar-refractivity contribution in [2.24, 2.45) is 0 Å². The summed E-state index contributed by atoms with van der Waals surface area (Å²) in [6.45, 7) is 8.86. The maximum Gasteiger partial charge on any atom is 0.272 e. The van der Waals surface area contributed by atoms with E-state index in [0.717, 1.165) is 72.2 Å². The Bertz CT molecular complexity index is 2060. The smallest absolute Gasteiger partial charge is 0.272 e. The second-order valence-corrected chi connectivity index (χ2v) is 12.3. The second kappa shape index (κ2) is 17.3. The summed E-state index contributed by atoms with van der Waals surface area (Å²) in [6, 6.07) is 36.9. The zero-order chi connectivity index (χ0) is 35.4. The number of carbonyl (C=O) groups excluding carboxylic acids is 2. The molecule has 260 valence electrons. The molecule has 1 N–H and O–H groups in total. The molecule has 4 aromatic carbocycles. The van der Waals surface area contributed by atoms with E-state index in [1.54, 1.807) is 17.4 Å². The van der Waals surface area contributed by atoms with Crippen LogP contribution in [0.5, 0.6) is 0 Å². The van der Waals surface area contributed by atoms with Crippen molar-refractivity contribution in [3.05, 3.63) is 139 Å². The van der Waals surface area contributed by atoms with Crippen LogP contribution in [0.1, 0.15) is 47.4 Å². The fourth-order valence-corrected chi connectivity index (χ4v) is 6.20. The molecule has 0 saturated carbocycles. The summed E-state index contributed by atoms with van der Waals surface area (Å²) >= 11 is 0. The Morgan fingerprint density at radius 3 is 2.00 bits per heavy atom. The molecule has 1 aliphatic rings. The first-order valence-electron chi connectivity index (χ1n) is 17.6. The van der Waals surface area contributed by atoms with Crippen LogP contribution in [0, 0.1) is 0 Å². The van der Waals surface area contributed by atoms with Gasteiger partial charge >= 0.3 is 0 Å². The number of anilines is 3. The topological polar surface area (TPSA) is 90.9 Å². The van der Waals surface area contributed by atoms with Crippen LogP contribution >= 0.6 is 0 Å². The van der Waals surface area contributed by atoms with Crippen molar-refractivity contribution in [3.63, 3.8) is 0 Å². The first-order valence-corrected chi connectivity index (χ1v) is 17.6. The van der Waals surface area contributed by atoms with Gasteiger partial charge in [-0.25, -0.2) is 10.0 Å². The standard InChI is InChI=1S/C22H25N3O.C20H19N3O2/c1-3-14-24(15-4-2)25(22(26)18-10-6-5-7-11-18)20-16-19-12-8-9-13-21(19)23-17-20;24-20(22-16-13-15-5-1-3-7-18(15)21-14-16)17-6-2-4-8-19(17)23-9-11-25-12-10-23/h5-13,16-17H,3-4,14-15H2,1-2H3;1-8,13-14H,9-12H2,(H,22,24). The van der Waals surface area contributed by atoms with Gasteiger partial charge in [0.2, 0.25) is 0 Å². The Morgan fingerprint density at radius 1 is 0.725 bits per heavy atom. The SMILES string of the molecule is CCCN(CCC)N(C(=O)c1ccccc1)c1cnc2ccccc2c1.O=C(Nc1cnc2ccccc2c1)c1ccccc1N1CCOCC1. The lowest BCUT2D eigenvalue weighted by Crippen LogP contribution is -2.47. The summed E-state index contributed by atoms with van der Waals surface area (Å²) in [5.74, 6) is -0.149. The van der Waals surface area contributed by atoms with E-state index in [0.29, 0.717) is 30.0 Å². The monoisotopic (exact) mass is 680 g/mol. The molecule has 0 atom stereocenters. The summed E-state index contributed by atoms with van der Waals surface area (Å²) in [5.41, 5.74) is 5.63. The highest BCUT2D eigenvalue weighted by atomic mass is 16.5. The minimum absolute atomic E-state index is 0.0235. The quantitative estimate of drug-likeness (QED) is 0.146. The summed E-state index contributed by atoms with van der Waals surface area (Å²) in [4.78, 5) is 37.3. The number of hydrazine groups is 1. The molecule has 1 aliphatic heterocycles. The number of morpholine rings is 1. The van der Waals surface area contributed by atoms with E-state index in [9.17, 15) is 9.59 Å². The molecule has 0 aliphatic carbocycles. The molecule has 9 heteroatoms. The average molecular weight is 681 g/mol. The minimum atomic E-state index is -0.126. The van der Waals surface area contributed by atoms with Crippen LogP contribution in [0.25, 0.3) is 21.8 Å². The predicted octanol–water partition coefficient (Wildman–Crippen LogP) is 8.24. The van der Waals surface area contributed by atoms with Crippen LogP contribution in [0.3, 0.4) is 0 Å². The van der Waals surface area contributed by atoms with Gasteiger partial charge in [0.1, 0.15) is 0 Å². The van der Waals surface area contributed by atoms with E-state index < -0.39 is 0 Å². The predicted molar refractivity (Wildman–Crippen MR) is 206 cm³/mol. The Hall–Kier alpha value is -5.64. The van der Waals surface area contributed by atoms with Crippen LogP contribution in [0.2, 0.25) is 0 Å². The van der Waals surface area contributed by atoms with Gasteiger partial charge in [-0.15, -0.1) is 0 Å². The number of benzene rings is 4. The molecular formula is C42H44N6O3. The van der Waals surface area contributed by atoms with Crippen LogP contribution < -0.4 is 15.2 Å². The fraction of sp³-hybridized carbons (Fsp3) is 0.238. The van der Waals surface area contributed by atoms with Gasteiger partial charge < -0.3 is 15.0 Å². The Labute approximate surface area is 299 Å². The molecule has 0 radical (unpaired) electrons. The third-order valence-corrected chi connectivity index (χ3v) is 8.63. The number of hydrogen-bond acceptors (Lipinski definition) is 7. The molecule has 3 heterocycles. The largest absolute Gasteiger partial charge is 0.378 e. The summed E-state index contributed by atoms with van der Waals surface area (Å²) in [5, 5.41) is 8.92. The number of hydrogen-bond donors (Lipinski definition) is 1. The van der Waals surface area contributed by atoms with Crippen molar-refractivity contribution < 1.29 is 14.3 Å². The average Bonchev–Trinajstić information content (AvgIpc) is 3.19. The van der Waals surface area contributed by atoms with Crippen molar-refractivity contribution in [1.29, 1.82) is 0 Å². The summed E-state index contributed by atoms with van der Waals surface area (Å²) < 4.78 is 5.41. The lowest BCUT2D eigenvalue weighted by atomic mass is 10.1. The number of rotatable bonds is 10. The highest BCUT2D eigenvalue weighted by Crippen LogP contribution is 2.25. The number of fused-ring (bicyclic) bond motifs is 2. The van der Waals surface area contributed by atoms with E-state index in [2.05, 4.69) is 39.0 Å². The fourth-order valence-electron chi connectivity index (χ4n) is 6.20. The first-order chi connectivity index (χ1) is 25.1. The third kappa shape index (κ3) is 8.75. The van der Waals surface area contributed by atoms with Gasteiger partial charge in [-0.2, -0.15) is 0 Å². The van der Waals surface area contributed by atoms with Crippen LogP contribution in [0.15, 0.2) is 128 Å². The maximum atomic E-state index is 13.3. The lowest BCUT2D eigenvalue weighted by Gasteiger charge is -2.34. The Balaban J connectivity index is 0.000000176. The van der Waals surface area contributed by atoms with Crippen LogP contribution in [0.4, 0.5) is 17.1 Å². The molecule has 0 bridgehead atoms.